The van der Waals surface area contributed by atoms with Crippen LogP contribution in [0, 0.1) is 0 Å². The van der Waals surface area contributed by atoms with Crippen LogP contribution >= 0.6 is 0 Å². The van der Waals surface area contributed by atoms with Crippen molar-refractivity contribution in [3.8, 4) is 5.75 Å². The summed E-state index contributed by atoms with van der Waals surface area (Å²) in [5.74, 6) is 1.64. The molecule has 0 radical (unpaired) electrons. The largest absolute Gasteiger partial charge is 0.497 e. The van der Waals surface area contributed by atoms with Crippen LogP contribution in [0.2, 0.25) is 0 Å². The molecule has 1 aromatic carbocycles. The van der Waals surface area contributed by atoms with Crippen LogP contribution in [0.4, 0.5) is 0 Å². The maximum absolute atomic E-state index is 13.0. The van der Waals surface area contributed by atoms with Gasteiger partial charge in [-0.25, -0.2) is 0 Å². The van der Waals surface area contributed by atoms with E-state index in [0.717, 1.165) is 36.6 Å². The van der Waals surface area contributed by atoms with Crippen molar-refractivity contribution in [3.63, 3.8) is 0 Å². The number of nitrogens with zero attached hydrogens (tertiary/aromatic N) is 2. The third-order valence-electron chi connectivity index (χ3n) is 6.64. The second kappa shape index (κ2) is 10.2. The van der Waals surface area contributed by atoms with E-state index in [4.69, 9.17) is 9.15 Å². The number of furan rings is 1. The number of likely N-dealkylation sites (N-methyl/N-ethyl adjacent to an activating group) is 1. The summed E-state index contributed by atoms with van der Waals surface area (Å²) in [4.78, 5) is 29.8. The van der Waals surface area contributed by atoms with E-state index in [-0.39, 0.29) is 29.9 Å². The standard InChI is InChI=1S/C24H32N4O4/c1-27-18(7-10-22(29)25-15-20-4-3-13-32-20)14-26-24(30)23-21(27)11-12-28(23)16-17-5-8-19(31-2)9-6-17/h3-6,8-9,13,18,21,23H,7,10-12,14-16H2,1-2H3,(H,25,29)(H,26,30)/t18-,21+,23-/m0/s1. The Labute approximate surface area is 188 Å². The van der Waals surface area contributed by atoms with Crippen molar-refractivity contribution < 1.29 is 18.7 Å². The molecule has 0 aliphatic carbocycles. The summed E-state index contributed by atoms with van der Waals surface area (Å²) >= 11 is 0. The van der Waals surface area contributed by atoms with Crippen molar-refractivity contribution >= 4 is 11.8 Å². The number of nitrogens with one attached hydrogen (secondary N) is 2. The van der Waals surface area contributed by atoms with Gasteiger partial charge in [-0.3, -0.25) is 19.4 Å². The number of amides is 2. The molecule has 2 saturated heterocycles. The zero-order chi connectivity index (χ0) is 22.5. The van der Waals surface area contributed by atoms with Crippen LogP contribution in [-0.2, 0) is 22.7 Å². The number of hydrogen-bond acceptors (Lipinski definition) is 6. The van der Waals surface area contributed by atoms with Crippen molar-refractivity contribution in [3.05, 3.63) is 54.0 Å². The number of rotatable bonds is 8. The molecule has 2 aromatic rings. The molecule has 2 amide bonds. The normalized spacial score (nSPS) is 23.9. The average Bonchev–Trinajstić information content (AvgIpc) is 3.45. The van der Waals surface area contributed by atoms with E-state index < -0.39 is 0 Å². The van der Waals surface area contributed by atoms with E-state index in [1.807, 2.05) is 18.2 Å². The molecule has 2 fully saturated rings. The van der Waals surface area contributed by atoms with E-state index in [1.165, 1.54) is 0 Å². The van der Waals surface area contributed by atoms with Gasteiger partial charge in [0.15, 0.2) is 0 Å². The zero-order valence-corrected chi connectivity index (χ0v) is 18.8. The predicted octanol–water partition coefficient (Wildman–Crippen LogP) is 1.76. The van der Waals surface area contributed by atoms with E-state index in [2.05, 4.69) is 39.6 Å². The Morgan fingerprint density at radius 1 is 1.28 bits per heavy atom. The van der Waals surface area contributed by atoms with Crippen molar-refractivity contribution in [2.45, 2.75) is 50.5 Å². The number of carbonyl (C=O) groups is 2. The molecule has 3 atom stereocenters. The molecule has 3 heterocycles. The van der Waals surface area contributed by atoms with Crippen LogP contribution in [0.5, 0.6) is 5.75 Å². The van der Waals surface area contributed by atoms with E-state index in [0.29, 0.717) is 25.9 Å². The number of carbonyl (C=O) groups excluding carboxylic acids is 2. The lowest BCUT2D eigenvalue weighted by Crippen LogP contribution is -2.49. The lowest BCUT2D eigenvalue weighted by molar-refractivity contribution is -0.126. The minimum absolute atomic E-state index is 0.00511. The van der Waals surface area contributed by atoms with Gasteiger partial charge in [-0.2, -0.15) is 0 Å². The van der Waals surface area contributed by atoms with E-state index in [9.17, 15) is 9.59 Å². The first-order valence-corrected chi connectivity index (χ1v) is 11.2. The van der Waals surface area contributed by atoms with E-state index >= 15 is 0 Å². The summed E-state index contributed by atoms with van der Waals surface area (Å²) in [6, 6.07) is 11.7. The quantitative estimate of drug-likeness (QED) is 0.651. The van der Waals surface area contributed by atoms with Crippen molar-refractivity contribution in [2.24, 2.45) is 0 Å². The Bertz CT molecular complexity index is 899. The van der Waals surface area contributed by atoms with Crippen LogP contribution < -0.4 is 15.4 Å². The molecule has 0 bridgehead atoms. The van der Waals surface area contributed by atoms with Gasteiger partial charge in [-0.15, -0.1) is 0 Å². The van der Waals surface area contributed by atoms with Gasteiger partial charge in [0.05, 0.1) is 19.9 Å². The number of benzene rings is 1. The van der Waals surface area contributed by atoms with Crippen LogP contribution in [0.3, 0.4) is 0 Å². The molecule has 0 unspecified atom stereocenters. The number of fused-ring (bicyclic) bond motifs is 1. The molecule has 1 aromatic heterocycles. The summed E-state index contributed by atoms with van der Waals surface area (Å²) in [5, 5.41) is 6.02. The molecule has 2 aliphatic rings. The Kier molecular flexibility index (Phi) is 7.12. The number of likely N-dealkylation sites (tertiary alicyclic amines) is 1. The Morgan fingerprint density at radius 3 is 2.81 bits per heavy atom. The maximum atomic E-state index is 13.0. The van der Waals surface area contributed by atoms with Crippen LogP contribution in [0.15, 0.2) is 47.1 Å². The smallest absolute Gasteiger partial charge is 0.239 e. The minimum atomic E-state index is -0.181. The van der Waals surface area contributed by atoms with Gasteiger partial charge in [0.1, 0.15) is 17.6 Å². The molecule has 8 heteroatoms. The molecule has 8 nitrogen and oxygen atoms in total. The molecular formula is C24H32N4O4. The lowest BCUT2D eigenvalue weighted by atomic mass is 10.0. The van der Waals surface area contributed by atoms with Crippen molar-refractivity contribution in [1.82, 2.24) is 20.4 Å². The fraction of sp³-hybridized carbons (Fsp3) is 0.500. The first-order chi connectivity index (χ1) is 15.5. The molecule has 2 aliphatic heterocycles. The zero-order valence-electron chi connectivity index (χ0n) is 18.8. The minimum Gasteiger partial charge on any atom is -0.497 e. The SMILES string of the molecule is COc1ccc(CN2CC[C@@H]3[C@H]2C(=O)NC[C@H](CCC(=O)NCc2ccco2)N3C)cc1. The Balaban J connectivity index is 1.33. The Morgan fingerprint density at radius 2 is 2.09 bits per heavy atom. The number of hydrogen-bond donors (Lipinski definition) is 2. The predicted molar refractivity (Wildman–Crippen MR) is 120 cm³/mol. The fourth-order valence-electron chi connectivity index (χ4n) is 4.78. The molecule has 0 saturated carbocycles. The molecular weight excluding hydrogens is 408 g/mol. The highest BCUT2D eigenvalue weighted by molar-refractivity contribution is 5.83. The maximum Gasteiger partial charge on any atom is 0.239 e. The average molecular weight is 441 g/mol. The topological polar surface area (TPSA) is 87.0 Å². The van der Waals surface area contributed by atoms with Gasteiger partial charge < -0.3 is 19.8 Å². The summed E-state index contributed by atoms with van der Waals surface area (Å²) in [6.07, 6.45) is 3.65. The molecule has 4 rings (SSSR count). The third-order valence-corrected chi connectivity index (χ3v) is 6.64. The summed E-state index contributed by atoms with van der Waals surface area (Å²) in [7, 11) is 3.74. The van der Waals surface area contributed by atoms with Gasteiger partial charge in [0.2, 0.25) is 11.8 Å². The third kappa shape index (κ3) is 5.14. The van der Waals surface area contributed by atoms with Crippen LogP contribution in [-0.4, -0.2) is 67.0 Å². The van der Waals surface area contributed by atoms with Crippen molar-refractivity contribution in [2.75, 3.05) is 27.2 Å². The van der Waals surface area contributed by atoms with Gasteiger partial charge >= 0.3 is 0 Å². The highest BCUT2D eigenvalue weighted by Crippen LogP contribution is 2.29. The lowest BCUT2D eigenvalue weighted by Gasteiger charge is -2.33. The number of ether oxygens (including phenoxy) is 1. The second-order valence-electron chi connectivity index (χ2n) is 8.58. The summed E-state index contributed by atoms with van der Waals surface area (Å²) in [5.41, 5.74) is 1.16. The van der Waals surface area contributed by atoms with Gasteiger partial charge in [-0.1, -0.05) is 12.1 Å². The summed E-state index contributed by atoms with van der Waals surface area (Å²) in [6.45, 7) is 2.56. The monoisotopic (exact) mass is 440 g/mol. The first-order valence-electron chi connectivity index (χ1n) is 11.2. The fourth-order valence-corrected chi connectivity index (χ4v) is 4.78. The van der Waals surface area contributed by atoms with Gasteiger partial charge in [0.25, 0.3) is 0 Å². The first kappa shape index (κ1) is 22.4. The van der Waals surface area contributed by atoms with E-state index in [1.54, 1.807) is 19.4 Å². The highest BCUT2D eigenvalue weighted by Gasteiger charge is 2.44. The molecule has 0 spiro atoms. The van der Waals surface area contributed by atoms with Crippen LogP contribution in [0.1, 0.15) is 30.6 Å². The molecule has 2 N–H and O–H groups in total. The molecule has 172 valence electrons. The Hall–Kier alpha value is -2.84. The van der Waals surface area contributed by atoms with Crippen LogP contribution in [0.25, 0.3) is 0 Å². The highest BCUT2D eigenvalue weighted by atomic mass is 16.5. The van der Waals surface area contributed by atoms with Gasteiger partial charge in [0, 0.05) is 38.1 Å². The van der Waals surface area contributed by atoms with Crippen molar-refractivity contribution in [1.29, 1.82) is 0 Å². The second-order valence-corrected chi connectivity index (χ2v) is 8.58. The summed E-state index contributed by atoms with van der Waals surface area (Å²) < 4.78 is 10.5. The van der Waals surface area contributed by atoms with Gasteiger partial charge in [-0.05, 0) is 49.7 Å². The number of methoxy groups -OCH3 is 1. The molecule has 32 heavy (non-hydrogen) atoms.